The van der Waals surface area contributed by atoms with Crippen LogP contribution >= 0.6 is 11.3 Å². The molecule has 0 unspecified atom stereocenters. The monoisotopic (exact) mass is 417 g/mol. The van der Waals surface area contributed by atoms with Gasteiger partial charge in [0, 0.05) is 32.2 Å². The molecule has 2 aromatic rings. The first kappa shape index (κ1) is 20.3. The van der Waals surface area contributed by atoms with E-state index in [-0.39, 0.29) is 5.69 Å². The van der Waals surface area contributed by atoms with E-state index in [0.717, 1.165) is 11.1 Å². The highest BCUT2D eigenvalue weighted by Crippen LogP contribution is 2.36. The lowest BCUT2D eigenvalue weighted by Crippen LogP contribution is -2.46. The highest BCUT2D eigenvalue weighted by Gasteiger charge is 2.34. The summed E-state index contributed by atoms with van der Waals surface area (Å²) in [6.45, 7) is 5.07. The molecule has 0 amide bonds. The first-order valence-electron chi connectivity index (χ1n) is 8.56. The van der Waals surface area contributed by atoms with E-state index in [1.807, 2.05) is 6.92 Å². The normalized spacial score (nSPS) is 15.6. The van der Waals surface area contributed by atoms with Crippen molar-refractivity contribution >= 4 is 22.7 Å². The lowest BCUT2D eigenvalue weighted by molar-refractivity contribution is -0.384. The maximum atomic E-state index is 12.9. The molecule has 0 radical (unpaired) electrons. The van der Waals surface area contributed by atoms with Crippen LogP contribution < -0.4 is 9.64 Å². The summed E-state index contributed by atoms with van der Waals surface area (Å²) < 4.78 is 43.8. The number of aromatic nitrogens is 2. The van der Waals surface area contributed by atoms with Crippen molar-refractivity contribution in [1.82, 2.24) is 15.1 Å². The van der Waals surface area contributed by atoms with E-state index < -0.39 is 22.4 Å². The van der Waals surface area contributed by atoms with E-state index in [1.54, 1.807) is 4.90 Å². The Bertz CT molecular complexity index is 837. The van der Waals surface area contributed by atoms with Crippen molar-refractivity contribution < 1.29 is 22.8 Å². The molecule has 1 aliphatic heterocycles. The predicted molar refractivity (Wildman–Crippen MR) is 96.7 cm³/mol. The van der Waals surface area contributed by atoms with Gasteiger partial charge in [0.05, 0.1) is 23.6 Å². The van der Waals surface area contributed by atoms with Crippen molar-refractivity contribution in [2.75, 3.05) is 37.7 Å². The Hall–Kier alpha value is -2.47. The van der Waals surface area contributed by atoms with Crippen LogP contribution in [-0.2, 0) is 12.7 Å². The Kier molecular flexibility index (Phi) is 5.98. The van der Waals surface area contributed by atoms with Gasteiger partial charge in [-0.25, -0.2) is 0 Å². The van der Waals surface area contributed by atoms with E-state index in [2.05, 4.69) is 15.1 Å². The third kappa shape index (κ3) is 4.68. The second-order valence-electron chi connectivity index (χ2n) is 6.12. The van der Waals surface area contributed by atoms with Gasteiger partial charge in [-0.15, -0.1) is 10.2 Å². The maximum Gasteiger partial charge on any atom is 0.416 e. The van der Waals surface area contributed by atoms with Crippen LogP contribution in [0.2, 0.25) is 0 Å². The number of hydrogen-bond acceptors (Lipinski definition) is 8. The van der Waals surface area contributed by atoms with Crippen molar-refractivity contribution in [3.8, 4) is 5.19 Å². The van der Waals surface area contributed by atoms with Crippen LogP contribution in [0.15, 0.2) is 18.2 Å². The summed E-state index contributed by atoms with van der Waals surface area (Å²) in [5, 5.41) is 20.6. The van der Waals surface area contributed by atoms with E-state index in [4.69, 9.17) is 4.74 Å². The number of nitrogens with zero attached hydrogens (tertiary/aromatic N) is 5. The minimum atomic E-state index is -4.62. The van der Waals surface area contributed by atoms with Crippen LogP contribution in [-0.4, -0.2) is 52.8 Å². The summed E-state index contributed by atoms with van der Waals surface area (Å²) in [5.74, 6) is 0. The largest absolute Gasteiger partial charge is 0.469 e. The molecule has 1 fully saturated rings. The SMILES string of the molecule is CCOc1nnc(CN2CCN(c3ccc(C(F)(F)F)cc3[N+](=O)[O-])CC2)s1. The number of alkyl halides is 3. The Balaban J connectivity index is 1.66. The molecule has 0 atom stereocenters. The second kappa shape index (κ2) is 8.27. The molecule has 2 heterocycles. The molecule has 152 valence electrons. The molecule has 1 aromatic heterocycles. The third-order valence-electron chi connectivity index (χ3n) is 4.29. The summed E-state index contributed by atoms with van der Waals surface area (Å²) in [6.07, 6.45) is -4.62. The van der Waals surface area contributed by atoms with E-state index >= 15 is 0 Å². The number of rotatable bonds is 6. The predicted octanol–water partition coefficient (Wildman–Crippen LogP) is 3.19. The molecule has 1 saturated heterocycles. The fraction of sp³-hybridized carbons (Fsp3) is 0.500. The van der Waals surface area contributed by atoms with Crippen LogP contribution in [0.3, 0.4) is 0 Å². The van der Waals surface area contributed by atoms with Crippen molar-refractivity contribution in [2.45, 2.75) is 19.6 Å². The zero-order valence-corrected chi connectivity index (χ0v) is 15.8. The number of piperazine rings is 1. The van der Waals surface area contributed by atoms with Gasteiger partial charge in [-0.05, 0) is 19.1 Å². The highest BCUT2D eigenvalue weighted by molar-refractivity contribution is 7.13. The first-order valence-corrected chi connectivity index (χ1v) is 9.37. The molecule has 12 heteroatoms. The molecular formula is C16H18F3N5O3S. The summed E-state index contributed by atoms with van der Waals surface area (Å²) in [6, 6.07) is 2.65. The summed E-state index contributed by atoms with van der Waals surface area (Å²) in [7, 11) is 0. The van der Waals surface area contributed by atoms with Crippen LogP contribution in [0.25, 0.3) is 0 Å². The van der Waals surface area contributed by atoms with Gasteiger partial charge in [0.2, 0.25) is 0 Å². The molecule has 3 rings (SSSR count). The quantitative estimate of drug-likeness (QED) is 0.527. The smallest absolute Gasteiger partial charge is 0.416 e. The molecule has 28 heavy (non-hydrogen) atoms. The Labute approximate surface area is 162 Å². The van der Waals surface area contributed by atoms with Gasteiger partial charge in [0.25, 0.3) is 10.9 Å². The lowest BCUT2D eigenvalue weighted by atomic mass is 10.1. The average molecular weight is 417 g/mol. The van der Waals surface area contributed by atoms with Crippen LogP contribution in [0, 0.1) is 10.1 Å². The summed E-state index contributed by atoms with van der Waals surface area (Å²) >= 11 is 1.36. The van der Waals surface area contributed by atoms with Gasteiger partial charge >= 0.3 is 6.18 Å². The molecule has 0 N–H and O–H groups in total. The van der Waals surface area contributed by atoms with Crippen molar-refractivity contribution in [2.24, 2.45) is 0 Å². The van der Waals surface area contributed by atoms with Crippen LogP contribution in [0.4, 0.5) is 24.5 Å². The molecular weight excluding hydrogens is 399 g/mol. The number of anilines is 1. The maximum absolute atomic E-state index is 12.9. The Morgan fingerprint density at radius 3 is 2.57 bits per heavy atom. The molecule has 0 saturated carbocycles. The van der Waals surface area contributed by atoms with Gasteiger partial charge < -0.3 is 9.64 Å². The van der Waals surface area contributed by atoms with Gasteiger partial charge in [-0.1, -0.05) is 11.3 Å². The lowest BCUT2D eigenvalue weighted by Gasteiger charge is -2.35. The minimum absolute atomic E-state index is 0.201. The minimum Gasteiger partial charge on any atom is -0.469 e. The summed E-state index contributed by atoms with van der Waals surface area (Å²) in [4.78, 5) is 14.4. The number of nitro benzene ring substituents is 1. The molecule has 8 nitrogen and oxygen atoms in total. The zero-order chi connectivity index (χ0) is 20.3. The Morgan fingerprint density at radius 1 is 1.25 bits per heavy atom. The first-order chi connectivity index (χ1) is 13.3. The number of ether oxygens (including phenoxy) is 1. The van der Waals surface area contributed by atoms with Crippen LogP contribution in [0.5, 0.6) is 5.19 Å². The Morgan fingerprint density at radius 2 is 1.96 bits per heavy atom. The highest BCUT2D eigenvalue weighted by atomic mass is 32.1. The molecule has 0 bridgehead atoms. The van der Waals surface area contributed by atoms with Gasteiger partial charge in [-0.2, -0.15) is 13.2 Å². The van der Waals surface area contributed by atoms with Crippen molar-refractivity contribution in [3.63, 3.8) is 0 Å². The van der Waals surface area contributed by atoms with E-state index in [1.165, 1.54) is 17.4 Å². The van der Waals surface area contributed by atoms with E-state index in [9.17, 15) is 23.3 Å². The number of benzene rings is 1. The number of hydrogen-bond donors (Lipinski definition) is 0. The summed E-state index contributed by atoms with van der Waals surface area (Å²) in [5.41, 5.74) is -1.36. The molecule has 0 spiro atoms. The fourth-order valence-electron chi connectivity index (χ4n) is 2.94. The van der Waals surface area contributed by atoms with Crippen molar-refractivity contribution in [1.29, 1.82) is 0 Å². The molecule has 0 aliphatic carbocycles. The van der Waals surface area contributed by atoms with Gasteiger partial charge in [0.1, 0.15) is 10.7 Å². The van der Waals surface area contributed by atoms with E-state index in [0.29, 0.717) is 50.6 Å². The molecule has 1 aromatic carbocycles. The standard InChI is InChI=1S/C16H18F3N5O3S/c1-2-27-15-21-20-14(28-15)10-22-5-7-23(8-6-22)12-4-3-11(16(17,18)19)9-13(12)24(25)26/h3-4,9H,2,5-8,10H2,1H3. The van der Waals surface area contributed by atoms with Gasteiger partial charge in [-0.3, -0.25) is 15.0 Å². The molecule has 1 aliphatic rings. The number of halogens is 3. The zero-order valence-electron chi connectivity index (χ0n) is 15.0. The topological polar surface area (TPSA) is 84.6 Å². The fourth-order valence-corrected chi connectivity index (χ4v) is 3.72. The van der Waals surface area contributed by atoms with Crippen LogP contribution in [0.1, 0.15) is 17.5 Å². The average Bonchev–Trinajstić information content (AvgIpc) is 3.08. The number of nitro groups is 1. The van der Waals surface area contributed by atoms with Gasteiger partial charge in [0.15, 0.2) is 0 Å². The second-order valence-corrected chi connectivity index (χ2v) is 7.14. The van der Waals surface area contributed by atoms with Crippen molar-refractivity contribution in [3.05, 3.63) is 38.9 Å². The third-order valence-corrected chi connectivity index (χ3v) is 5.11.